The van der Waals surface area contributed by atoms with Crippen molar-refractivity contribution in [1.29, 1.82) is 0 Å². The molecule has 1 aromatic heterocycles. The van der Waals surface area contributed by atoms with Crippen LogP contribution in [0.4, 0.5) is 0 Å². The van der Waals surface area contributed by atoms with E-state index in [4.69, 9.17) is 4.74 Å². The molecule has 1 heterocycles. The Morgan fingerprint density at radius 3 is 2.32 bits per heavy atom. The molecule has 0 radical (unpaired) electrons. The number of ketones is 1. The first kappa shape index (κ1) is 19.2. The second-order valence-corrected chi connectivity index (χ2v) is 6.97. The van der Waals surface area contributed by atoms with Gasteiger partial charge in [-0.05, 0) is 53.0 Å². The molecule has 138 valence electrons. The van der Waals surface area contributed by atoms with Gasteiger partial charge in [0.2, 0.25) is 5.91 Å². The van der Waals surface area contributed by atoms with Gasteiger partial charge in [0.15, 0.2) is 5.78 Å². The van der Waals surface area contributed by atoms with Crippen molar-refractivity contribution in [2.45, 2.75) is 53.5 Å². The van der Waals surface area contributed by atoms with Gasteiger partial charge in [0.25, 0.3) is 0 Å². The summed E-state index contributed by atoms with van der Waals surface area (Å²) in [5.74, 6) is -0.438. The van der Waals surface area contributed by atoms with Crippen molar-refractivity contribution in [3.63, 3.8) is 0 Å². The Bertz CT molecular complexity index is 699. The first-order chi connectivity index (χ1) is 11.7. The highest BCUT2D eigenvalue weighted by molar-refractivity contribution is 6.04. The van der Waals surface area contributed by atoms with Crippen molar-refractivity contribution in [3.05, 3.63) is 22.5 Å². The number of carbonyl (C=O) groups is 3. The molecule has 6 nitrogen and oxygen atoms in total. The van der Waals surface area contributed by atoms with Gasteiger partial charge >= 0.3 is 5.97 Å². The lowest BCUT2D eigenvalue weighted by atomic mass is 10.0. The number of aromatic nitrogens is 1. The zero-order valence-corrected chi connectivity index (χ0v) is 16.0. The maximum absolute atomic E-state index is 12.9. The molecule has 6 heteroatoms. The van der Waals surface area contributed by atoms with E-state index < -0.39 is 5.97 Å². The molecular formula is C19H28N2O4. The van der Waals surface area contributed by atoms with Crippen LogP contribution in [-0.4, -0.2) is 46.3 Å². The summed E-state index contributed by atoms with van der Waals surface area (Å²) >= 11 is 0. The first-order valence-corrected chi connectivity index (χ1v) is 8.87. The lowest BCUT2D eigenvalue weighted by Gasteiger charge is -2.26. The topological polar surface area (TPSA) is 68.6 Å². The van der Waals surface area contributed by atoms with Gasteiger partial charge in [-0.1, -0.05) is 0 Å². The summed E-state index contributed by atoms with van der Waals surface area (Å²) in [7, 11) is 1.75. The molecule has 1 saturated carbocycles. The zero-order chi connectivity index (χ0) is 18.9. The minimum atomic E-state index is -0.431. The summed E-state index contributed by atoms with van der Waals surface area (Å²) in [4.78, 5) is 39.2. The predicted molar refractivity (Wildman–Crippen MR) is 94.7 cm³/mol. The third-order valence-electron chi connectivity index (χ3n) is 4.83. The molecule has 0 saturated heterocycles. The molecule has 0 unspecified atom stereocenters. The predicted octanol–water partition coefficient (Wildman–Crippen LogP) is 2.65. The minimum absolute atomic E-state index is 0.0362. The maximum atomic E-state index is 12.9. The summed E-state index contributed by atoms with van der Waals surface area (Å²) in [5, 5.41) is 0. The van der Waals surface area contributed by atoms with Crippen LogP contribution >= 0.6 is 0 Å². The SMILES string of the molecule is CCOC(=O)c1c(C)c(C(=O)CN(C(=O)C2CC2)C(C)C)c(C)n1C. The standard InChI is InChI=1S/C19H28N2O4/c1-7-25-19(24)17-12(4)16(13(5)20(17)6)15(22)10-21(11(2)3)18(23)14-8-9-14/h11,14H,7-10H2,1-6H3. The number of esters is 1. The van der Waals surface area contributed by atoms with Crippen molar-refractivity contribution >= 4 is 17.7 Å². The van der Waals surface area contributed by atoms with Crippen LogP contribution in [0.5, 0.6) is 0 Å². The van der Waals surface area contributed by atoms with Gasteiger partial charge in [0, 0.05) is 30.3 Å². The van der Waals surface area contributed by atoms with Crippen molar-refractivity contribution in [2.24, 2.45) is 13.0 Å². The Balaban J connectivity index is 2.31. The van der Waals surface area contributed by atoms with Gasteiger partial charge < -0.3 is 14.2 Å². The van der Waals surface area contributed by atoms with Crippen molar-refractivity contribution in [1.82, 2.24) is 9.47 Å². The van der Waals surface area contributed by atoms with Crippen LogP contribution in [0.2, 0.25) is 0 Å². The van der Waals surface area contributed by atoms with E-state index in [0.29, 0.717) is 22.5 Å². The quantitative estimate of drug-likeness (QED) is 0.561. The van der Waals surface area contributed by atoms with Crippen molar-refractivity contribution in [2.75, 3.05) is 13.2 Å². The van der Waals surface area contributed by atoms with E-state index in [0.717, 1.165) is 12.8 Å². The highest BCUT2D eigenvalue weighted by atomic mass is 16.5. The van der Waals surface area contributed by atoms with E-state index in [1.807, 2.05) is 20.8 Å². The number of hydrogen-bond acceptors (Lipinski definition) is 4. The molecule has 0 aromatic carbocycles. The second-order valence-electron chi connectivity index (χ2n) is 6.97. The van der Waals surface area contributed by atoms with Gasteiger partial charge in [-0.3, -0.25) is 9.59 Å². The monoisotopic (exact) mass is 348 g/mol. The lowest BCUT2D eigenvalue weighted by Crippen LogP contribution is -2.41. The first-order valence-electron chi connectivity index (χ1n) is 8.87. The molecule has 0 atom stereocenters. The Morgan fingerprint density at radius 2 is 1.84 bits per heavy atom. The van der Waals surface area contributed by atoms with E-state index in [2.05, 4.69) is 0 Å². The molecular weight excluding hydrogens is 320 g/mol. The number of ether oxygens (including phenoxy) is 1. The Labute approximate surface area is 149 Å². The van der Waals surface area contributed by atoms with Crippen LogP contribution < -0.4 is 0 Å². The molecule has 1 amide bonds. The average Bonchev–Trinajstić information content (AvgIpc) is 3.33. The summed E-state index contributed by atoms with van der Waals surface area (Å²) in [6.07, 6.45) is 1.82. The number of rotatable bonds is 7. The highest BCUT2D eigenvalue weighted by Crippen LogP contribution is 2.32. The summed E-state index contributed by atoms with van der Waals surface area (Å²) < 4.78 is 6.80. The van der Waals surface area contributed by atoms with Gasteiger partial charge in [-0.15, -0.1) is 0 Å². The van der Waals surface area contributed by atoms with Crippen LogP contribution in [0.1, 0.15) is 65.7 Å². The van der Waals surface area contributed by atoms with Crippen LogP contribution in [0.3, 0.4) is 0 Å². The van der Waals surface area contributed by atoms with Crippen LogP contribution in [0, 0.1) is 19.8 Å². The third kappa shape index (κ3) is 3.78. The smallest absolute Gasteiger partial charge is 0.355 e. The Hall–Kier alpha value is -2.11. The number of Topliss-reactive ketones (excluding diaryl/α,β-unsaturated/α-hetero) is 1. The molecule has 25 heavy (non-hydrogen) atoms. The van der Waals surface area contributed by atoms with Gasteiger partial charge in [-0.2, -0.15) is 0 Å². The second kappa shape index (κ2) is 7.42. The third-order valence-corrected chi connectivity index (χ3v) is 4.83. The Kier molecular flexibility index (Phi) is 5.70. The van der Waals surface area contributed by atoms with Crippen LogP contribution in [0.25, 0.3) is 0 Å². The number of amides is 1. The largest absolute Gasteiger partial charge is 0.461 e. The highest BCUT2D eigenvalue weighted by Gasteiger charge is 2.36. The number of nitrogens with zero attached hydrogens (tertiary/aromatic N) is 2. The minimum Gasteiger partial charge on any atom is -0.461 e. The molecule has 1 aliphatic carbocycles. The number of hydrogen-bond donors (Lipinski definition) is 0. The molecule has 0 aliphatic heterocycles. The molecule has 0 spiro atoms. The molecule has 1 fully saturated rings. The van der Waals surface area contributed by atoms with E-state index in [1.54, 1.807) is 30.4 Å². The van der Waals surface area contributed by atoms with Gasteiger partial charge in [0.1, 0.15) is 5.69 Å². The van der Waals surface area contributed by atoms with Crippen LogP contribution in [-0.2, 0) is 16.6 Å². The Morgan fingerprint density at radius 1 is 1.24 bits per heavy atom. The number of carbonyl (C=O) groups excluding carboxylic acids is 3. The fraction of sp³-hybridized carbons (Fsp3) is 0.632. The van der Waals surface area contributed by atoms with Crippen molar-refractivity contribution < 1.29 is 19.1 Å². The summed E-state index contributed by atoms with van der Waals surface area (Å²) in [6.45, 7) is 9.48. The van der Waals surface area contributed by atoms with Crippen LogP contribution in [0.15, 0.2) is 0 Å². The molecule has 0 N–H and O–H groups in total. The maximum Gasteiger partial charge on any atom is 0.355 e. The van der Waals surface area contributed by atoms with E-state index in [1.165, 1.54) is 0 Å². The average molecular weight is 348 g/mol. The van der Waals surface area contributed by atoms with E-state index in [-0.39, 0.29) is 36.8 Å². The van der Waals surface area contributed by atoms with Gasteiger partial charge in [-0.25, -0.2) is 4.79 Å². The molecule has 1 aliphatic rings. The molecule has 0 bridgehead atoms. The van der Waals surface area contributed by atoms with Gasteiger partial charge in [0.05, 0.1) is 13.2 Å². The summed E-state index contributed by atoms with van der Waals surface area (Å²) in [6, 6.07) is -0.0362. The molecule has 2 rings (SSSR count). The normalized spacial score (nSPS) is 13.9. The zero-order valence-electron chi connectivity index (χ0n) is 16.0. The van der Waals surface area contributed by atoms with E-state index in [9.17, 15) is 14.4 Å². The fourth-order valence-corrected chi connectivity index (χ4v) is 3.19. The molecule has 1 aromatic rings. The van der Waals surface area contributed by atoms with E-state index >= 15 is 0 Å². The lowest BCUT2D eigenvalue weighted by molar-refractivity contribution is -0.133. The fourth-order valence-electron chi connectivity index (χ4n) is 3.19. The summed E-state index contributed by atoms with van der Waals surface area (Å²) in [5.41, 5.74) is 2.24. The van der Waals surface area contributed by atoms with Crippen molar-refractivity contribution in [3.8, 4) is 0 Å².